The van der Waals surface area contributed by atoms with Crippen LogP contribution in [-0.4, -0.2) is 18.0 Å². The molecule has 0 saturated heterocycles. The molecule has 0 aliphatic carbocycles. The van der Waals surface area contributed by atoms with Crippen LogP contribution in [0.3, 0.4) is 0 Å². The van der Waals surface area contributed by atoms with Gasteiger partial charge >= 0.3 is 11.8 Å². The summed E-state index contributed by atoms with van der Waals surface area (Å²) in [6, 6.07) is 21.0. The van der Waals surface area contributed by atoms with Crippen LogP contribution in [0.2, 0.25) is 0 Å². The summed E-state index contributed by atoms with van der Waals surface area (Å²) >= 11 is 0. The molecule has 170 valence electrons. The minimum Gasteiger partial charge on any atom is -0.489 e. The number of carbonyl (C=O) groups is 2. The number of ether oxygens (including phenoxy) is 1. The minimum atomic E-state index is -0.853. The topological polar surface area (TPSA) is 79.8 Å². The highest BCUT2D eigenvalue weighted by atomic mass is 19.1. The van der Waals surface area contributed by atoms with Crippen molar-refractivity contribution in [2.45, 2.75) is 32.9 Å². The molecule has 33 heavy (non-hydrogen) atoms. The van der Waals surface area contributed by atoms with E-state index in [0.717, 1.165) is 11.1 Å². The molecule has 0 heterocycles. The third-order valence-electron chi connectivity index (χ3n) is 4.86. The van der Waals surface area contributed by atoms with Crippen LogP contribution < -0.4 is 15.5 Å². The quantitative estimate of drug-likeness (QED) is 0.307. The molecule has 2 amide bonds. The second-order valence-corrected chi connectivity index (χ2v) is 7.77. The Morgan fingerprint density at radius 2 is 1.67 bits per heavy atom. The summed E-state index contributed by atoms with van der Waals surface area (Å²) in [5.41, 5.74) is 5.85. The molecule has 2 N–H and O–H groups in total. The number of rotatable bonds is 8. The lowest BCUT2D eigenvalue weighted by atomic mass is 10.0. The summed E-state index contributed by atoms with van der Waals surface area (Å²) < 4.78 is 18.7. The average molecular weight is 448 g/mol. The van der Waals surface area contributed by atoms with Crippen LogP contribution in [0.5, 0.6) is 5.75 Å². The second kappa shape index (κ2) is 11.6. The van der Waals surface area contributed by atoms with Crippen molar-refractivity contribution in [2.24, 2.45) is 5.10 Å². The molecule has 0 fully saturated rings. The van der Waals surface area contributed by atoms with E-state index >= 15 is 0 Å². The summed E-state index contributed by atoms with van der Waals surface area (Å²) in [6.07, 6.45) is 1.42. The molecule has 3 aromatic rings. The van der Waals surface area contributed by atoms with E-state index in [0.29, 0.717) is 17.2 Å². The van der Waals surface area contributed by atoms with E-state index in [2.05, 4.69) is 29.7 Å². The summed E-state index contributed by atoms with van der Waals surface area (Å²) in [4.78, 5) is 23.9. The molecule has 0 radical (unpaired) electrons. The van der Waals surface area contributed by atoms with Crippen molar-refractivity contribution in [1.29, 1.82) is 0 Å². The van der Waals surface area contributed by atoms with Gasteiger partial charge in [-0.15, -0.1) is 0 Å². The zero-order valence-electron chi connectivity index (χ0n) is 18.5. The van der Waals surface area contributed by atoms with Gasteiger partial charge in [-0.05, 0) is 52.4 Å². The van der Waals surface area contributed by atoms with Crippen molar-refractivity contribution in [3.05, 3.63) is 101 Å². The van der Waals surface area contributed by atoms with Gasteiger partial charge in [-0.3, -0.25) is 9.59 Å². The molecule has 3 rings (SSSR count). The number of amides is 2. The standard InChI is InChI=1S/C26H26FN3O3/c1-18(2)22-10-6-19(7-11-22)15-28-25(31)26(32)30-29-16-21-4-3-5-24(14-21)33-17-20-8-12-23(27)13-9-20/h3-14,16,18H,15,17H2,1-2H3,(H,28,31)(H,30,32)/b29-16-. The van der Waals surface area contributed by atoms with E-state index in [9.17, 15) is 14.0 Å². The maximum absolute atomic E-state index is 13.0. The highest BCUT2D eigenvalue weighted by molar-refractivity contribution is 6.35. The van der Waals surface area contributed by atoms with Gasteiger partial charge in [-0.2, -0.15) is 5.10 Å². The van der Waals surface area contributed by atoms with E-state index in [-0.39, 0.29) is 19.0 Å². The van der Waals surface area contributed by atoms with Crippen LogP contribution in [0.4, 0.5) is 4.39 Å². The zero-order valence-corrected chi connectivity index (χ0v) is 18.5. The van der Waals surface area contributed by atoms with E-state index in [4.69, 9.17) is 4.74 Å². The van der Waals surface area contributed by atoms with Crippen LogP contribution in [0.15, 0.2) is 77.9 Å². The molecule has 0 aromatic heterocycles. The fraction of sp³-hybridized carbons (Fsp3) is 0.192. The fourth-order valence-electron chi connectivity index (χ4n) is 2.93. The van der Waals surface area contributed by atoms with Gasteiger partial charge in [0.05, 0.1) is 6.21 Å². The Morgan fingerprint density at radius 1 is 0.970 bits per heavy atom. The van der Waals surface area contributed by atoms with Gasteiger partial charge in [0.25, 0.3) is 0 Å². The Balaban J connectivity index is 1.45. The molecule has 7 heteroatoms. The Hall–Kier alpha value is -4.00. The molecular formula is C26H26FN3O3. The third-order valence-corrected chi connectivity index (χ3v) is 4.86. The summed E-state index contributed by atoms with van der Waals surface area (Å²) in [7, 11) is 0. The number of carbonyl (C=O) groups excluding carboxylic acids is 2. The van der Waals surface area contributed by atoms with Crippen LogP contribution in [0.1, 0.15) is 42.0 Å². The molecule has 0 spiro atoms. The molecule has 0 atom stereocenters. The van der Waals surface area contributed by atoms with Crippen LogP contribution >= 0.6 is 0 Å². The molecule has 6 nitrogen and oxygen atoms in total. The predicted octanol–water partition coefficient (Wildman–Crippen LogP) is 4.29. The molecule has 0 aliphatic rings. The van der Waals surface area contributed by atoms with Gasteiger partial charge < -0.3 is 10.1 Å². The maximum Gasteiger partial charge on any atom is 0.329 e. The van der Waals surface area contributed by atoms with E-state index < -0.39 is 11.8 Å². The molecular weight excluding hydrogens is 421 g/mol. The molecule has 0 aliphatic heterocycles. The fourth-order valence-corrected chi connectivity index (χ4v) is 2.93. The monoisotopic (exact) mass is 447 g/mol. The number of nitrogens with zero attached hydrogens (tertiary/aromatic N) is 1. The normalized spacial score (nSPS) is 10.9. The first-order valence-corrected chi connectivity index (χ1v) is 10.6. The average Bonchev–Trinajstić information content (AvgIpc) is 2.82. The van der Waals surface area contributed by atoms with Gasteiger partial charge in [0.15, 0.2) is 0 Å². The van der Waals surface area contributed by atoms with Gasteiger partial charge in [-0.25, -0.2) is 9.82 Å². The Bertz CT molecular complexity index is 1110. The Labute approximate surface area is 192 Å². The number of nitrogens with one attached hydrogen (secondary N) is 2. The third kappa shape index (κ3) is 7.57. The first kappa shape index (κ1) is 23.7. The van der Waals surface area contributed by atoms with Gasteiger partial charge in [0.2, 0.25) is 0 Å². The van der Waals surface area contributed by atoms with Crippen molar-refractivity contribution in [2.75, 3.05) is 0 Å². The zero-order chi connectivity index (χ0) is 23.6. The summed E-state index contributed by atoms with van der Waals surface area (Å²) in [5, 5.41) is 6.41. The highest BCUT2D eigenvalue weighted by Crippen LogP contribution is 2.15. The van der Waals surface area contributed by atoms with Crippen LogP contribution in [0.25, 0.3) is 0 Å². The SMILES string of the molecule is CC(C)c1ccc(CNC(=O)C(=O)N/N=C\c2cccc(OCc3ccc(F)cc3)c2)cc1. The number of halogens is 1. The first-order valence-electron chi connectivity index (χ1n) is 10.6. The van der Waals surface area contributed by atoms with Gasteiger partial charge in [0.1, 0.15) is 18.2 Å². The van der Waals surface area contributed by atoms with Crippen LogP contribution in [0, 0.1) is 5.82 Å². The van der Waals surface area contributed by atoms with E-state index in [1.165, 1.54) is 23.9 Å². The molecule has 0 bridgehead atoms. The lowest BCUT2D eigenvalue weighted by Gasteiger charge is -2.08. The van der Waals surface area contributed by atoms with Crippen molar-refractivity contribution in [3.63, 3.8) is 0 Å². The summed E-state index contributed by atoms with van der Waals surface area (Å²) in [6.45, 7) is 4.76. The van der Waals surface area contributed by atoms with Crippen LogP contribution in [-0.2, 0) is 22.7 Å². The van der Waals surface area contributed by atoms with Crippen molar-refractivity contribution in [3.8, 4) is 5.75 Å². The summed E-state index contributed by atoms with van der Waals surface area (Å²) in [5.74, 6) is -0.895. The van der Waals surface area contributed by atoms with Gasteiger partial charge in [0, 0.05) is 6.54 Å². The second-order valence-electron chi connectivity index (χ2n) is 7.77. The Morgan fingerprint density at radius 3 is 2.36 bits per heavy atom. The lowest BCUT2D eigenvalue weighted by Crippen LogP contribution is -2.37. The smallest absolute Gasteiger partial charge is 0.329 e. The molecule has 0 saturated carbocycles. The number of hydrogen-bond acceptors (Lipinski definition) is 4. The lowest BCUT2D eigenvalue weighted by molar-refractivity contribution is -0.139. The van der Waals surface area contributed by atoms with Crippen molar-refractivity contribution >= 4 is 18.0 Å². The van der Waals surface area contributed by atoms with Crippen molar-refractivity contribution in [1.82, 2.24) is 10.7 Å². The van der Waals surface area contributed by atoms with Crippen molar-refractivity contribution < 1.29 is 18.7 Å². The molecule has 0 unspecified atom stereocenters. The van der Waals surface area contributed by atoms with E-state index in [1.54, 1.807) is 36.4 Å². The molecule has 3 aromatic carbocycles. The number of hydrogen-bond donors (Lipinski definition) is 2. The van der Waals surface area contributed by atoms with Gasteiger partial charge in [-0.1, -0.05) is 62.4 Å². The highest BCUT2D eigenvalue weighted by Gasteiger charge is 2.12. The minimum absolute atomic E-state index is 0.252. The number of hydrazone groups is 1. The number of benzene rings is 3. The largest absolute Gasteiger partial charge is 0.489 e. The Kier molecular flexibility index (Phi) is 8.30. The first-order chi connectivity index (χ1) is 15.9. The van der Waals surface area contributed by atoms with E-state index in [1.807, 2.05) is 24.3 Å². The maximum atomic E-state index is 13.0. The predicted molar refractivity (Wildman–Crippen MR) is 125 cm³/mol.